The third kappa shape index (κ3) is 2.25. The number of nitrogens with one attached hydrogen (secondary N) is 2. The van der Waals surface area contributed by atoms with Gasteiger partial charge in [-0.3, -0.25) is 9.78 Å². The van der Waals surface area contributed by atoms with Crippen LogP contribution in [0, 0.1) is 6.07 Å². The van der Waals surface area contributed by atoms with Gasteiger partial charge in [0.25, 0.3) is 5.91 Å². The molecule has 0 bridgehead atoms. The molecule has 0 saturated carbocycles. The van der Waals surface area contributed by atoms with Crippen LogP contribution in [-0.4, -0.2) is 20.9 Å². The lowest BCUT2D eigenvalue weighted by atomic mass is 10.2. The summed E-state index contributed by atoms with van der Waals surface area (Å²) < 4.78 is 0. The summed E-state index contributed by atoms with van der Waals surface area (Å²) in [7, 11) is 0. The predicted octanol–water partition coefficient (Wildman–Crippen LogP) is 1.10. The van der Waals surface area contributed by atoms with E-state index in [2.05, 4.69) is 26.3 Å². The van der Waals surface area contributed by atoms with E-state index in [-0.39, 0.29) is 11.9 Å². The van der Waals surface area contributed by atoms with Crippen LogP contribution in [-0.2, 0) is 0 Å². The van der Waals surface area contributed by atoms with Gasteiger partial charge in [-0.15, -0.1) is 0 Å². The first kappa shape index (κ1) is 10.4. The maximum Gasteiger partial charge on any atom is 0.252 e. The smallest absolute Gasteiger partial charge is 0.252 e. The fourth-order valence-electron chi connectivity index (χ4n) is 1.31. The molecule has 2 heterocycles. The molecule has 81 valence electrons. The summed E-state index contributed by atoms with van der Waals surface area (Å²) in [6, 6.07) is 4.28. The highest BCUT2D eigenvalue weighted by molar-refractivity contribution is 5.93. The van der Waals surface area contributed by atoms with Crippen molar-refractivity contribution >= 4 is 5.91 Å². The third-order valence-electron chi connectivity index (χ3n) is 2.20. The molecular weight excluding hydrogens is 204 g/mol. The van der Waals surface area contributed by atoms with Crippen LogP contribution < -0.4 is 5.32 Å². The molecule has 1 atom stereocenters. The summed E-state index contributed by atoms with van der Waals surface area (Å²) >= 11 is 0. The molecule has 1 amide bonds. The second-order valence-corrected chi connectivity index (χ2v) is 3.35. The van der Waals surface area contributed by atoms with Crippen LogP contribution in [0.4, 0.5) is 0 Å². The van der Waals surface area contributed by atoms with Crippen molar-refractivity contribution in [3.63, 3.8) is 0 Å². The average Bonchev–Trinajstić information content (AvgIpc) is 2.83. The zero-order chi connectivity index (χ0) is 11.4. The summed E-state index contributed by atoms with van der Waals surface area (Å²) in [6.45, 7) is 1.88. The molecule has 0 aromatic carbocycles. The van der Waals surface area contributed by atoms with E-state index in [0.717, 1.165) is 5.69 Å². The van der Waals surface area contributed by atoms with Gasteiger partial charge in [0, 0.05) is 18.5 Å². The van der Waals surface area contributed by atoms with Gasteiger partial charge in [0.2, 0.25) is 0 Å². The van der Waals surface area contributed by atoms with Crippen molar-refractivity contribution < 1.29 is 4.79 Å². The Balaban J connectivity index is 2.03. The molecule has 2 rings (SSSR count). The quantitative estimate of drug-likeness (QED) is 0.805. The van der Waals surface area contributed by atoms with Gasteiger partial charge in [0.05, 0.1) is 29.8 Å². The average molecular weight is 215 g/mol. The van der Waals surface area contributed by atoms with Gasteiger partial charge in [-0.1, -0.05) is 0 Å². The van der Waals surface area contributed by atoms with E-state index in [4.69, 9.17) is 0 Å². The lowest BCUT2D eigenvalue weighted by Gasteiger charge is -2.11. The number of H-pyrrole nitrogens is 1. The number of amides is 1. The number of hydrogen-bond donors (Lipinski definition) is 2. The number of nitrogens with zero attached hydrogens (tertiary/aromatic N) is 2. The van der Waals surface area contributed by atoms with Crippen LogP contribution in [0.5, 0.6) is 0 Å². The molecule has 5 heteroatoms. The highest BCUT2D eigenvalue weighted by Gasteiger charge is 2.11. The van der Waals surface area contributed by atoms with Gasteiger partial charge in [0.1, 0.15) is 0 Å². The molecule has 1 radical (unpaired) electrons. The monoisotopic (exact) mass is 215 g/mol. The predicted molar refractivity (Wildman–Crippen MR) is 57.5 cm³/mol. The number of aromatic amines is 1. The number of carbonyl (C=O) groups excluding carboxylic acids is 1. The minimum atomic E-state index is -0.176. The molecule has 5 nitrogen and oxygen atoms in total. The first-order chi connectivity index (χ1) is 7.77. The first-order valence-electron chi connectivity index (χ1n) is 4.88. The van der Waals surface area contributed by atoms with Crippen LogP contribution in [0.3, 0.4) is 0 Å². The molecule has 0 aliphatic rings. The van der Waals surface area contributed by atoms with E-state index in [1.54, 1.807) is 24.8 Å². The highest BCUT2D eigenvalue weighted by Crippen LogP contribution is 2.08. The van der Waals surface area contributed by atoms with Gasteiger partial charge < -0.3 is 10.3 Å². The number of imidazole rings is 1. The van der Waals surface area contributed by atoms with Crippen LogP contribution in [0.15, 0.2) is 31.0 Å². The second kappa shape index (κ2) is 4.57. The Morgan fingerprint density at radius 3 is 3.06 bits per heavy atom. The van der Waals surface area contributed by atoms with Crippen molar-refractivity contribution in [3.05, 3.63) is 48.3 Å². The molecule has 0 spiro atoms. The SMILES string of the molecule is CC(NC(=O)c1[c]cncc1)c1cnc[nH]1. The highest BCUT2D eigenvalue weighted by atomic mass is 16.1. The summed E-state index contributed by atoms with van der Waals surface area (Å²) in [6.07, 6.45) is 6.29. The van der Waals surface area contributed by atoms with E-state index >= 15 is 0 Å². The maximum absolute atomic E-state index is 11.7. The molecule has 2 N–H and O–H groups in total. The van der Waals surface area contributed by atoms with Crippen LogP contribution in [0.1, 0.15) is 29.0 Å². The van der Waals surface area contributed by atoms with E-state index < -0.39 is 0 Å². The molecule has 2 aromatic rings. The van der Waals surface area contributed by atoms with Crippen molar-refractivity contribution in [2.75, 3.05) is 0 Å². The molecule has 0 fully saturated rings. The standard InChI is InChI=1S/C11H11N4O/c1-8(10-6-13-7-14-10)15-11(16)9-2-4-12-5-3-9/h2,4-8H,1H3,(H,13,14)(H,15,16). The first-order valence-corrected chi connectivity index (χ1v) is 4.88. The third-order valence-corrected chi connectivity index (χ3v) is 2.20. The second-order valence-electron chi connectivity index (χ2n) is 3.35. The van der Waals surface area contributed by atoms with E-state index in [1.807, 2.05) is 6.92 Å². The lowest BCUT2D eigenvalue weighted by molar-refractivity contribution is 0.0939. The number of rotatable bonds is 3. The van der Waals surface area contributed by atoms with Gasteiger partial charge in [-0.2, -0.15) is 0 Å². The van der Waals surface area contributed by atoms with Crippen LogP contribution in [0.25, 0.3) is 0 Å². The molecule has 0 aliphatic heterocycles. The Morgan fingerprint density at radius 2 is 2.44 bits per heavy atom. The molecule has 0 saturated heterocycles. The fourth-order valence-corrected chi connectivity index (χ4v) is 1.31. The molecule has 1 unspecified atom stereocenters. The summed E-state index contributed by atoms with van der Waals surface area (Å²) in [5.74, 6) is -0.176. The summed E-state index contributed by atoms with van der Waals surface area (Å²) in [4.78, 5) is 22.4. The zero-order valence-corrected chi connectivity index (χ0v) is 8.77. The number of carbonyl (C=O) groups is 1. The molecule has 2 aromatic heterocycles. The van der Waals surface area contributed by atoms with Gasteiger partial charge in [0.15, 0.2) is 0 Å². The van der Waals surface area contributed by atoms with Crippen molar-refractivity contribution in [1.29, 1.82) is 0 Å². The Labute approximate surface area is 92.9 Å². The van der Waals surface area contributed by atoms with Gasteiger partial charge >= 0.3 is 0 Å². The van der Waals surface area contributed by atoms with E-state index in [9.17, 15) is 4.79 Å². The summed E-state index contributed by atoms with van der Waals surface area (Å²) in [5, 5.41) is 2.83. The fraction of sp³-hybridized carbons (Fsp3) is 0.182. The van der Waals surface area contributed by atoms with Crippen molar-refractivity contribution in [2.45, 2.75) is 13.0 Å². The normalized spacial score (nSPS) is 12.1. The molecule has 16 heavy (non-hydrogen) atoms. The lowest BCUT2D eigenvalue weighted by Crippen LogP contribution is -2.26. The van der Waals surface area contributed by atoms with Crippen molar-refractivity contribution in [2.24, 2.45) is 0 Å². The Hall–Kier alpha value is -2.17. The number of aromatic nitrogens is 3. The maximum atomic E-state index is 11.7. The Bertz CT molecular complexity index is 452. The Kier molecular flexibility index (Phi) is 2.95. The Morgan fingerprint density at radius 1 is 1.56 bits per heavy atom. The van der Waals surface area contributed by atoms with Gasteiger partial charge in [-0.25, -0.2) is 4.98 Å². The number of pyridine rings is 1. The minimum absolute atomic E-state index is 0.114. The van der Waals surface area contributed by atoms with E-state index in [1.165, 1.54) is 6.20 Å². The van der Waals surface area contributed by atoms with Crippen LogP contribution >= 0.6 is 0 Å². The zero-order valence-electron chi connectivity index (χ0n) is 8.77. The largest absolute Gasteiger partial charge is 0.347 e. The summed E-state index contributed by atoms with van der Waals surface area (Å²) in [5.41, 5.74) is 1.34. The van der Waals surface area contributed by atoms with Crippen molar-refractivity contribution in [1.82, 2.24) is 20.3 Å². The minimum Gasteiger partial charge on any atom is -0.347 e. The number of hydrogen-bond acceptors (Lipinski definition) is 3. The molecular formula is C11H11N4O. The van der Waals surface area contributed by atoms with Gasteiger partial charge in [-0.05, 0) is 13.0 Å². The topological polar surface area (TPSA) is 70.7 Å². The van der Waals surface area contributed by atoms with E-state index in [0.29, 0.717) is 5.56 Å². The van der Waals surface area contributed by atoms with Crippen molar-refractivity contribution in [3.8, 4) is 0 Å². The molecule has 0 aliphatic carbocycles. The van der Waals surface area contributed by atoms with Crippen LogP contribution in [0.2, 0.25) is 0 Å².